The maximum Gasteiger partial charge on any atom is 0.0540 e. The molecule has 56 heavy (non-hydrogen) atoms. The van der Waals surface area contributed by atoms with Gasteiger partial charge in [-0.3, -0.25) is 0 Å². The molecule has 1 nitrogen and oxygen atoms in total. The minimum absolute atomic E-state index is 1.10. The van der Waals surface area contributed by atoms with E-state index in [2.05, 4.69) is 217 Å². The molecule has 11 rings (SSSR count). The summed E-state index contributed by atoms with van der Waals surface area (Å²) < 4.78 is 2.64. The number of nitrogens with zero attached hydrogens (tertiary/aromatic N) is 1. The summed E-state index contributed by atoms with van der Waals surface area (Å²) in [6, 6.07) is 77.8. The van der Waals surface area contributed by atoms with Gasteiger partial charge in [0.25, 0.3) is 0 Å². The van der Waals surface area contributed by atoms with Gasteiger partial charge in [0, 0.05) is 37.1 Å². The molecular weight excluding hydrogens is 695 g/mol. The third-order valence-electron chi connectivity index (χ3n) is 11.2. The summed E-state index contributed by atoms with van der Waals surface area (Å²) in [5.74, 6) is 0. The normalized spacial score (nSPS) is 11.6. The van der Waals surface area contributed by atoms with E-state index in [9.17, 15) is 0 Å². The van der Waals surface area contributed by atoms with Gasteiger partial charge in [0.15, 0.2) is 0 Å². The summed E-state index contributed by atoms with van der Waals surface area (Å²) in [7, 11) is 0. The second-order valence-corrected chi connectivity index (χ2v) is 15.5. The molecule has 10 aromatic carbocycles. The van der Waals surface area contributed by atoms with E-state index in [1.807, 2.05) is 11.3 Å². The fourth-order valence-electron chi connectivity index (χ4n) is 8.69. The highest BCUT2D eigenvalue weighted by atomic mass is 32.1. The second-order valence-electron chi connectivity index (χ2n) is 14.4. The highest BCUT2D eigenvalue weighted by molar-refractivity contribution is 7.25. The molecule has 2 heteroatoms. The SMILES string of the molecule is c1cc(-c2cc3ccccc3c3ccccc23)cc(N(c2ccc(-c3cccc4sc5ccccc5c34)cc2)c2ccccc2-c2cccc3ccccc23)c1. The summed E-state index contributed by atoms with van der Waals surface area (Å²) >= 11 is 1.87. The monoisotopic (exact) mass is 729 g/mol. The molecule has 0 bridgehead atoms. The molecular formula is C54H35NS. The number of benzene rings is 10. The Balaban J connectivity index is 1.12. The van der Waals surface area contributed by atoms with Gasteiger partial charge in [-0.1, -0.05) is 164 Å². The molecule has 0 atom stereocenters. The van der Waals surface area contributed by atoms with Crippen LogP contribution in [0.4, 0.5) is 17.1 Å². The van der Waals surface area contributed by atoms with Crippen molar-refractivity contribution in [1.82, 2.24) is 0 Å². The van der Waals surface area contributed by atoms with E-state index in [1.165, 1.54) is 85.9 Å². The van der Waals surface area contributed by atoms with Crippen molar-refractivity contribution in [3.8, 4) is 33.4 Å². The van der Waals surface area contributed by atoms with Crippen molar-refractivity contribution < 1.29 is 0 Å². The molecule has 0 saturated carbocycles. The third kappa shape index (κ3) is 5.38. The zero-order valence-electron chi connectivity index (χ0n) is 30.6. The average molecular weight is 730 g/mol. The van der Waals surface area contributed by atoms with Crippen molar-refractivity contribution in [2.45, 2.75) is 0 Å². The van der Waals surface area contributed by atoms with Gasteiger partial charge in [-0.05, 0) is 109 Å². The van der Waals surface area contributed by atoms with E-state index in [4.69, 9.17) is 0 Å². The fraction of sp³-hybridized carbons (Fsp3) is 0. The van der Waals surface area contributed by atoms with Crippen molar-refractivity contribution in [3.05, 3.63) is 212 Å². The van der Waals surface area contributed by atoms with Crippen LogP contribution in [0.25, 0.3) is 85.9 Å². The predicted octanol–water partition coefficient (Wildman–Crippen LogP) is 16.0. The van der Waals surface area contributed by atoms with Crippen LogP contribution in [-0.2, 0) is 0 Å². The standard InChI is InChI=1S/C54H35NS/c1-3-19-42-36(14-1)16-12-26-46(42)48-23-7-9-27-51(48)55(40-32-30-37(31-33-40)44-25-13-29-53-54(44)49-24-8-10-28-52(49)56-53)41-18-11-17-38(34-41)50-35-39-15-2-4-20-43(39)45-21-5-6-22-47(45)50/h1-35H. The summed E-state index contributed by atoms with van der Waals surface area (Å²) in [5, 5.41) is 10.2. The van der Waals surface area contributed by atoms with Crippen LogP contribution in [0.15, 0.2) is 212 Å². The van der Waals surface area contributed by atoms with Crippen LogP contribution in [0.3, 0.4) is 0 Å². The Morgan fingerprint density at radius 2 is 0.911 bits per heavy atom. The number of thiophene rings is 1. The summed E-state index contributed by atoms with van der Waals surface area (Å²) in [5.41, 5.74) is 10.6. The van der Waals surface area contributed by atoms with Gasteiger partial charge in [-0.2, -0.15) is 0 Å². The largest absolute Gasteiger partial charge is 0.310 e. The van der Waals surface area contributed by atoms with Crippen LogP contribution in [0, 0.1) is 0 Å². The van der Waals surface area contributed by atoms with Crippen LogP contribution < -0.4 is 4.90 Å². The van der Waals surface area contributed by atoms with Crippen molar-refractivity contribution in [3.63, 3.8) is 0 Å². The van der Waals surface area contributed by atoms with E-state index in [-0.39, 0.29) is 0 Å². The van der Waals surface area contributed by atoms with Crippen molar-refractivity contribution in [1.29, 1.82) is 0 Å². The topological polar surface area (TPSA) is 3.24 Å². The Labute approximate surface area is 330 Å². The van der Waals surface area contributed by atoms with Crippen LogP contribution >= 0.6 is 11.3 Å². The second kappa shape index (κ2) is 13.4. The lowest BCUT2D eigenvalue weighted by Crippen LogP contribution is -2.11. The number of hydrogen-bond donors (Lipinski definition) is 0. The molecule has 0 aliphatic heterocycles. The Morgan fingerprint density at radius 1 is 0.304 bits per heavy atom. The predicted molar refractivity (Wildman–Crippen MR) is 243 cm³/mol. The molecule has 0 amide bonds. The van der Waals surface area contributed by atoms with E-state index in [1.54, 1.807) is 0 Å². The Kier molecular flexibility index (Phi) is 7.75. The molecule has 0 radical (unpaired) electrons. The smallest absolute Gasteiger partial charge is 0.0540 e. The van der Waals surface area contributed by atoms with Gasteiger partial charge in [0.1, 0.15) is 0 Å². The molecule has 0 unspecified atom stereocenters. The summed E-state index contributed by atoms with van der Waals surface area (Å²) in [4.78, 5) is 2.44. The minimum atomic E-state index is 1.10. The molecule has 0 spiro atoms. The molecule has 11 aromatic rings. The fourth-order valence-corrected chi connectivity index (χ4v) is 9.83. The molecule has 262 valence electrons. The zero-order chi connectivity index (χ0) is 37.0. The van der Waals surface area contributed by atoms with Gasteiger partial charge in [-0.15, -0.1) is 11.3 Å². The first-order valence-corrected chi connectivity index (χ1v) is 20.0. The average Bonchev–Trinajstić information content (AvgIpc) is 3.66. The number of anilines is 3. The third-order valence-corrected chi connectivity index (χ3v) is 12.4. The quantitative estimate of drug-likeness (QED) is 0.154. The molecule has 1 heterocycles. The minimum Gasteiger partial charge on any atom is -0.310 e. The zero-order valence-corrected chi connectivity index (χ0v) is 31.4. The lowest BCUT2D eigenvalue weighted by molar-refractivity contribution is 1.28. The van der Waals surface area contributed by atoms with Crippen molar-refractivity contribution in [2.75, 3.05) is 4.90 Å². The highest BCUT2D eigenvalue weighted by Crippen LogP contribution is 2.46. The maximum absolute atomic E-state index is 2.44. The highest BCUT2D eigenvalue weighted by Gasteiger charge is 2.20. The van der Waals surface area contributed by atoms with E-state index in [0.717, 1.165) is 17.1 Å². The summed E-state index contributed by atoms with van der Waals surface area (Å²) in [6.07, 6.45) is 0. The van der Waals surface area contributed by atoms with Crippen molar-refractivity contribution >= 4 is 80.9 Å². The Bertz CT molecular complexity index is 3260. The van der Waals surface area contributed by atoms with Crippen LogP contribution in [0.5, 0.6) is 0 Å². The molecule has 0 aliphatic rings. The van der Waals surface area contributed by atoms with Crippen molar-refractivity contribution in [2.24, 2.45) is 0 Å². The first-order chi connectivity index (χ1) is 27.8. The molecule has 0 fully saturated rings. The van der Waals surface area contributed by atoms with Gasteiger partial charge in [0.2, 0.25) is 0 Å². The van der Waals surface area contributed by atoms with Gasteiger partial charge in [0.05, 0.1) is 5.69 Å². The van der Waals surface area contributed by atoms with Gasteiger partial charge >= 0.3 is 0 Å². The molecule has 0 N–H and O–H groups in total. The maximum atomic E-state index is 2.44. The Morgan fingerprint density at radius 3 is 1.79 bits per heavy atom. The number of fused-ring (bicyclic) bond motifs is 7. The van der Waals surface area contributed by atoms with Crippen LogP contribution in [-0.4, -0.2) is 0 Å². The van der Waals surface area contributed by atoms with Crippen LogP contribution in [0.2, 0.25) is 0 Å². The number of rotatable bonds is 6. The Hall–Kier alpha value is -7.00. The van der Waals surface area contributed by atoms with E-state index < -0.39 is 0 Å². The summed E-state index contributed by atoms with van der Waals surface area (Å²) in [6.45, 7) is 0. The number of para-hydroxylation sites is 1. The van der Waals surface area contributed by atoms with E-state index in [0.29, 0.717) is 0 Å². The van der Waals surface area contributed by atoms with Gasteiger partial charge in [-0.25, -0.2) is 0 Å². The molecule has 1 aromatic heterocycles. The lowest BCUT2D eigenvalue weighted by Gasteiger charge is -2.29. The van der Waals surface area contributed by atoms with E-state index >= 15 is 0 Å². The first kappa shape index (κ1) is 32.4. The van der Waals surface area contributed by atoms with Crippen LogP contribution in [0.1, 0.15) is 0 Å². The lowest BCUT2D eigenvalue weighted by atomic mass is 9.92. The molecule has 0 saturated heterocycles. The van der Waals surface area contributed by atoms with Gasteiger partial charge < -0.3 is 4.90 Å². The molecule has 0 aliphatic carbocycles. The first-order valence-electron chi connectivity index (χ1n) is 19.2. The number of hydrogen-bond acceptors (Lipinski definition) is 2.